The SMILES string of the molecule is CC(C)c1ccc2c(c1)C1CC1(C(=O)N1CCOCC1)Cn1c-2c(C2CCCCC2)c2ccc(C=O)cc21. The van der Waals surface area contributed by atoms with E-state index in [4.69, 9.17) is 4.74 Å². The summed E-state index contributed by atoms with van der Waals surface area (Å²) in [4.78, 5) is 28.2. The molecule has 38 heavy (non-hydrogen) atoms. The van der Waals surface area contributed by atoms with E-state index in [0.717, 1.165) is 18.2 Å². The second-order valence-electron chi connectivity index (χ2n) is 12.4. The van der Waals surface area contributed by atoms with Crippen LogP contribution in [-0.4, -0.2) is 48.0 Å². The molecule has 4 aliphatic rings. The minimum atomic E-state index is -0.431. The summed E-state index contributed by atoms with van der Waals surface area (Å²) in [7, 11) is 0. The molecule has 1 aromatic heterocycles. The first-order valence-corrected chi connectivity index (χ1v) is 14.6. The van der Waals surface area contributed by atoms with Gasteiger partial charge in [0.1, 0.15) is 6.29 Å². The molecule has 2 unspecified atom stereocenters. The fraction of sp³-hybridized carbons (Fsp3) is 0.515. The molecule has 3 heterocycles. The van der Waals surface area contributed by atoms with Crippen LogP contribution in [0.25, 0.3) is 22.2 Å². The minimum Gasteiger partial charge on any atom is -0.378 e. The van der Waals surface area contributed by atoms with Gasteiger partial charge < -0.3 is 14.2 Å². The van der Waals surface area contributed by atoms with Crippen molar-refractivity contribution in [3.63, 3.8) is 0 Å². The van der Waals surface area contributed by atoms with E-state index in [1.54, 1.807) is 0 Å². The van der Waals surface area contributed by atoms with Crippen molar-refractivity contribution in [2.45, 2.75) is 76.7 Å². The van der Waals surface area contributed by atoms with Crippen molar-refractivity contribution in [1.82, 2.24) is 9.47 Å². The Balaban J connectivity index is 1.49. The molecule has 3 aromatic rings. The lowest BCUT2D eigenvalue weighted by Gasteiger charge is -2.31. The Morgan fingerprint density at radius 1 is 1.05 bits per heavy atom. The second kappa shape index (κ2) is 9.08. The average molecular weight is 511 g/mol. The third-order valence-corrected chi connectivity index (χ3v) is 9.89. The molecule has 1 saturated heterocycles. The van der Waals surface area contributed by atoms with Gasteiger partial charge in [0.25, 0.3) is 0 Å². The molecule has 2 saturated carbocycles. The van der Waals surface area contributed by atoms with Crippen LogP contribution in [0, 0.1) is 5.41 Å². The van der Waals surface area contributed by atoms with Crippen LogP contribution in [0.2, 0.25) is 0 Å². The predicted octanol–water partition coefficient (Wildman–Crippen LogP) is 6.64. The third kappa shape index (κ3) is 3.61. The molecule has 0 radical (unpaired) electrons. The lowest BCUT2D eigenvalue weighted by molar-refractivity contribution is -0.141. The Morgan fingerprint density at radius 3 is 2.58 bits per heavy atom. The van der Waals surface area contributed by atoms with Gasteiger partial charge in [-0.1, -0.05) is 63.4 Å². The first-order chi connectivity index (χ1) is 18.5. The second-order valence-corrected chi connectivity index (χ2v) is 12.4. The van der Waals surface area contributed by atoms with Gasteiger partial charge in [0.05, 0.1) is 24.3 Å². The number of aldehydes is 1. The van der Waals surface area contributed by atoms with Gasteiger partial charge in [-0.25, -0.2) is 0 Å². The number of morpholine rings is 1. The predicted molar refractivity (Wildman–Crippen MR) is 150 cm³/mol. The van der Waals surface area contributed by atoms with Crippen LogP contribution in [0.15, 0.2) is 36.4 Å². The molecule has 0 N–H and O–H groups in total. The molecule has 2 aliphatic heterocycles. The van der Waals surface area contributed by atoms with E-state index in [1.165, 1.54) is 65.4 Å². The standard InChI is InChI=1S/C33H38N2O3/c1-21(2)24-9-11-25-27(17-24)28-18-33(28,32(37)34-12-14-38-15-13-34)20-35-29-16-22(19-36)8-10-26(29)30(31(25)35)23-6-4-3-5-7-23/h8-11,16-17,19,21,23,28H,3-7,12-15,18,20H2,1-2H3. The molecule has 2 aromatic carbocycles. The van der Waals surface area contributed by atoms with Crippen LogP contribution in [0.5, 0.6) is 0 Å². The summed E-state index contributed by atoms with van der Waals surface area (Å²) in [6.45, 7) is 7.77. The minimum absolute atomic E-state index is 0.231. The largest absolute Gasteiger partial charge is 0.378 e. The number of benzene rings is 2. The van der Waals surface area contributed by atoms with Gasteiger partial charge in [-0.3, -0.25) is 9.59 Å². The van der Waals surface area contributed by atoms with Crippen molar-refractivity contribution >= 4 is 23.1 Å². The Bertz CT molecular complexity index is 1420. The zero-order valence-electron chi connectivity index (χ0n) is 22.7. The number of carbonyl (C=O) groups excluding carboxylic acids is 2. The number of rotatable bonds is 4. The zero-order chi connectivity index (χ0) is 26.0. The van der Waals surface area contributed by atoms with Gasteiger partial charge in [0.2, 0.25) is 5.91 Å². The fourth-order valence-electron chi connectivity index (χ4n) is 7.73. The molecule has 3 fully saturated rings. The zero-order valence-corrected chi connectivity index (χ0v) is 22.7. The van der Waals surface area contributed by atoms with Crippen LogP contribution in [0.3, 0.4) is 0 Å². The number of aromatic nitrogens is 1. The van der Waals surface area contributed by atoms with Gasteiger partial charge in [0.15, 0.2) is 0 Å². The molecule has 0 spiro atoms. The van der Waals surface area contributed by atoms with Crippen molar-refractivity contribution in [2.24, 2.45) is 5.41 Å². The molecule has 5 nitrogen and oxygen atoms in total. The van der Waals surface area contributed by atoms with Gasteiger partial charge in [-0.05, 0) is 53.9 Å². The maximum atomic E-state index is 14.3. The smallest absolute Gasteiger partial charge is 0.231 e. The molecule has 2 atom stereocenters. The molecular weight excluding hydrogens is 472 g/mol. The molecule has 198 valence electrons. The summed E-state index contributed by atoms with van der Waals surface area (Å²) in [5, 5.41) is 1.27. The summed E-state index contributed by atoms with van der Waals surface area (Å²) >= 11 is 0. The van der Waals surface area contributed by atoms with Crippen LogP contribution in [0.4, 0.5) is 0 Å². The van der Waals surface area contributed by atoms with Crippen LogP contribution in [0.1, 0.15) is 97.2 Å². The van der Waals surface area contributed by atoms with Crippen molar-refractivity contribution in [1.29, 1.82) is 0 Å². The molecule has 5 heteroatoms. The Hall–Kier alpha value is -2.92. The molecule has 1 amide bonds. The van der Waals surface area contributed by atoms with E-state index in [-0.39, 0.29) is 11.8 Å². The summed E-state index contributed by atoms with van der Waals surface area (Å²) in [5.74, 6) is 1.47. The van der Waals surface area contributed by atoms with Gasteiger partial charge >= 0.3 is 0 Å². The number of fused-ring (bicyclic) bond motifs is 7. The molecule has 0 bridgehead atoms. The summed E-state index contributed by atoms with van der Waals surface area (Å²) in [6.07, 6.45) is 8.11. The quantitative estimate of drug-likeness (QED) is 0.370. The van der Waals surface area contributed by atoms with Crippen LogP contribution in [-0.2, 0) is 16.1 Å². The Labute approximate surface area is 225 Å². The summed E-state index contributed by atoms with van der Waals surface area (Å²) < 4.78 is 8.03. The normalized spacial score (nSPS) is 25.0. The van der Waals surface area contributed by atoms with Gasteiger partial charge in [-0.15, -0.1) is 0 Å². The third-order valence-electron chi connectivity index (χ3n) is 9.89. The van der Waals surface area contributed by atoms with E-state index in [0.29, 0.717) is 50.2 Å². The highest BCUT2D eigenvalue weighted by atomic mass is 16.5. The topological polar surface area (TPSA) is 51.5 Å². The van der Waals surface area contributed by atoms with Crippen LogP contribution < -0.4 is 0 Å². The van der Waals surface area contributed by atoms with E-state index in [9.17, 15) is 9.59 Å². The lowest BCUT2D eigenvalue weighted by Crippen LogP contribution is -2.45. The number of ether oxygens (including phenoxy) is 1. The number of amides is 1. The summed E-state index contributed by atoms with van der Waals surface area (Å²) in [5.41, 5.74) is 8.15. The van der Waals surface area contributed by atoms with E-state index < -0.39 is 5.41 Å². The van der Waals surface area contributed by atoms with E-state index >= 15 is 0 Å². The van der Waals surface area contributed by atoms with Crippen molar-refractivity contribution in [3.05, 3.63) is 58.7 Å². The monoisotopic (exact) mass is 510 g/mol. The van der Waals surface area contributed by atoms with Gasteiger partial charge in [-0.2, -0.15) is 0 Å². The van der Waals surface area contributed by atoms with E-state index in [1.807, 2.05) is 11.0 Å². The lowest BCUT2D eigenvalue weighted by atomic mass is 9.81. The number of nitrogens with zero attached hydrogens (tertiary/aromatic N) is 2. The first kappa shape index (κ1) is 24.1. The van der Waals surface area contributed by atoms with E-state index in [2.05, 4.69) is 48.7 Å². The number of hydrogen-bond acceptors (Lipinski definition) is 3. The highest BCUT2D eigenvalue weighted by Crippen LogP contribution is 2.66. The molecule has 2 aliphatic carbocycles. The summed E-state index contributed by atoms with van der Waals surface area (Å²) in [6, 6.07) is 13.3. The van der Waals surface area contributed by atoms with Crippen molar-refractivity contribution in [3.8, 4) is 11.3 Å². The fourth-order valence-corrected chi connectivity index (χ4v) is 7.73. The number of carbonyl (C=O) groups is 2. The molecular formula is C33H38N2O3. The van der Waals surface area contributed by atoms with Crippen LogP contribution >= 0.6 is 0 Å². The van der Waals surface area contributed by atoms with Crippen molar-refractivity contribution < 1.29 is 14.3 Å². The van der Waals surface area contributed by atoms with Crippen molar-refractivity contribution in [2.75, 3.05) is 26.3 Å². The maximum absolute atomic E-state index is 14.3. The molecule has 7 rings (SSSR count). The number of hydrogen-bond donors (Lipinski definition) is 0. The Morgan fingerprint density at radius 2 is 1.84 bits per heavy atom. The maximum Gasteiger partial charge on any atom is 0.231 e. The van der Waals surface area contributed by atoms with Gasteiger partial charge in [0, 0.05) is 47.6 Å². The average Bonchev–Trinajstić information content (AvgIpc) is 3.63. The Kier molecular flexibility index (Phi) is 5.77. The highest BCUT2D eigenvalue weighted by molar-refractivity contribution is 5.98. The highest BCUT2D eigenvalue weighted by Gasteiger charge is 2.63. The first-order valence-electron chi connectivity index (χ1n) is 14.6.